The van der Waals surface area contributed by atoms with Crippen LogP contribution in [0.5, 0.6) is 5.75 Å². The zero-order valence-corrected chi connectivity index (χ0v) is 10.2. The van der Waals surface area contributed by atoms with Crippen LogP contribution in [0.15, 0.2) is 24.3 Å². The summed E-state index contributed by atoms with van der Waals surface area (Å²) in [6.07, 6.45) is 0. The first kappa shape index (κ1) is 16.2. The highest BCUT2D eigenvalue weighted by Crippen LogP contribution is 2.12. The van der Waals surface area contributed by atoms with Crippen LogP contribution in [0.1, 0.15) is 27.7 Å². The van der Waals surface area contributed by atoms with Crippen LogP contribution >= 0.6 is 0 Å². The molecule has 0 saturated carbocycles. The number of benzene rings is 1. The Bertz CT molecular complexity index is 209. The number of aliphatic hydroxyl groups excluding tert-OH is 1. The molecule has 15 heavy (non-hydrogen) atoms. The molecule has 1 aromatic rings. The minimum Gasteiger partial charge on any atom is -0.491 e. The molecule has 3 heteroatoms. The van der Waals surface area contributed by atoms with Crippen LogP contribution in [-0.2, 0) is 0 Å². The Labute approximate surface area is 92.9 Å². The van der Waals surface area contributed by atoms with Gasteiger partial charge in [0, 0.05) is 5.69 Å². The van der Waals surface area contributed by atoms with Crippen molar-refractivity contribution in [1.82, 2.24) is 0 Å². The largest absolute Gasteiger partial charge is 0.491 e. The predicted octanol–water partition coefficient (Wildman–Crippen LogP) is 2.69. The normalized spacial score (nSPS) is 7.80. The number of nitrogen functional groups attached to an aromatic ring is 1. The van der Waals surface area contributed by atoms with Crippen LogP contribution in [0.25, 0.3) is 0 Å². The average molecular weight is 213 g/mol. The summed E-state index contributed by atoms with van der Waals surface area (Å²) in [6.45, 7) is 8.36. The number of hydrogen-bond acceptors (Lipinski definition) is 3. The first-order chi connectivity index (χ1) is 7.33. The summed E-state index contributed by atoms with van der Waals surface area (Å²) in [4.78, 5) is 0. The van der Waals surface area contributed by atoms with E-state index in [1.54, 1.807) is 24.3 Å². The highest BCUT2D eigenvalue weighted by Gasteiger charge is 1.90. The molecule has 0 bridgehead atoms. The maximum Gasteiger partial charge on any atom is 0.119 e. The fourth-order valence-electron chi connectivity index (χ4n) is 0.728. The number of ether oxygens (including phenoxy) is 1. The van der Waals surface area contributed by atoms with Gasteiger partial charge in [0.25, 0.3) is 0 Å². The summed E-state index contributed by atoms with van der Waals surface area (Å²) in [5.74, 6) is 0.730. The molecule has 1 rings (SSSR count). The van der Waals surface area contributed by atoms with Gasteiger partial charge in [0.05, 0.1) is 6.61 Å². The minimum atomic E-state index is 0.0321. The quantitative estimate of drug-likeness (QED) is 0.759. The maximum atomic E-state index is 8.43. The second-order valence-electron chi connectivity index (χ2n) is 2.14. The zero-order chi connectivity index (χ0) is 12.1. The van der Waals surface area contributed by atoms with Crippen LogP contribution < -0.4 is 10.5 Å². The molecular formula is C12H23NO2. The third-order valence-corrected chi connectivity index (χ3v) is 1.24. The molecule has 0 aliphatic heterocycles. The van der Waals surface area contributed by atoms with Gasteiger partial charge in [-0.15, -0.1) is 0 Å². The lowest BCUT2D eigenvalue weighted by molar-refractivity contribution is 0.201. The van der Waals surface area contributed by atoms with Gasteiger partial charge in [-0.1, -0.05) is 27.7 Å². The van der Waals surface area contributed by atoms with Crippen molar-refractivity contribution in [2.75, 3.05) is 18.9 Å². The molecule has 0 fully saturated rings. The lowest BCUT2D eigenvalue weighted by Crippen LogP contribution is -2.01. The number of rotatable bonds is 3. The Hall–Kier alpha value is -1.22. The van der Waals surface area contributed by atoms with Gasteiger partial charge in [-0.2, -0.15) is 0 Å². The second kappa shape index (κ2) is 12.8. The van der Waals surface area contributed by atoms with Crippen LogP contribution in [0.4, 0.5) is 5.69 Å². The van der Waals surface area contributed by atoms with Gasteiger partial charge >= 0.3 is 0 Å². The van der Waals surface area contributed by atoms with Gasteiger partial charge in [0.15, 0.2) is 0 Å². The molecule has 0 aromatic heterocycles. The van der Waals surface area contributed by atoms with Crippen molar-refractivity contribution < 1.29 is 9.84 Å². The molecule has 0 saturated heterocycles. The second-order valence-corrected chi connectivity index (χ2v) is 2.14. The SMILES string of the molecule is CC.CC.Nc1ccc(OCCO)cc1. The third kappa shape index (κ3) is 9.09. The fraction of sp³-hybridized carbons (Fsp3) is 0.500. The predicted molar refractivity (Wildman–Crippen MR) is 66.1 cm³/mol. The smallest absolute Gasteiger partial charge is 0.119 e. The van der Waals surface area contributed by atoms with E-state index in [1.165, 1.54) is 0 Å². The molecule has 0 amide bonds. The molecule has 3 nitrogen and oxygen atoms in total. The highest BCUT2D eigenvalue weighted by molar-refractivity contribution is 5.41. The molecule has 1 aromatic carbocycles. The summed E-state index contributed by atoms with van der Waals surface area (Å²) < 4.78 is 5.10. The van der Waals surface area contributed by atoms with E-state index in [0.29, 0.717) is 12.3 Å². The summed E-state index contributed by atoms with van der Waals surface area (Å²) in [7, 11) is 0. The van der Waals surface area contributed by atoms with Crippen molar-refractivity contribution in [3.63, 3.8) is 0 Å². The van der Waals surface area contributed by atoms with Crippen molar-refractivity contribution in [3.8, 4) is 5.75 Å². The number of nitrogens with two attached hydrogens (primary N) is 1. The topological polar surface area (TPSA) is 55.5 Å². The van der Waals surface area contributed by atoms with E-state index >= 15 is 0 Å². The standard InChI is InChI=1S/C8H11NO2.2C2H6/c9-7-1-3-8(4-2-7)11-6-5-10;2*1-2/h1-4,10H,5-6,9H2;2*1-2H3. The molecule has 0 radical (unpaired) electrons. The molecule has 0 spiro atoms. The Morgan fingerprint density at radius 1 is 1.07 bits per heavy atom. The van der Waals surface area contributed by atoms with E-state index in [0.717, 1.165) is 5.75 Å². The van der Waals surface area contributed by atoms with E-state index in [1.807, 2.05) is 27.7 Å². The van der Waals surface area contributed by atoms with Crippen molar-refractivity contribution in [3.05, 3.63) is 24.3 Å². The lowest BCUT2D eigenvalue weighted by Gasteiger charge is -2.02. The Morgan fingerprint density at radius 3 is 1.93 bits per heavy atom. The van der Waals surface area contributed by atoms with Gasteiger partial charge in [-0.3, -0.25) is 0 Å². The van der Waals surface area contributed by atoms with Gasteiger partial charge in [0.2, 0.25) is 0 Å². The fourth-order valence-corrected chi connectivity index (χ4v) is 0.728. The van der Waals surface area contributed by atoms with Gasteiger partial charge in [0.1, 0.15) is 12.4 Å². The number of aliphatic hydroxyl groups is 1. The Balaban J connectivity index is 0. The molecule has 0 unspecified atom stereocenters. The molecule has 0 atom stereocenters. The summed E-state index contributed by atoms with van der Waals surface area (Å²) in [5.41, 5.74) is 6.16. The molecule has 88 valence electrons. The summed E-state index contributed by atoms with van der Waals surface area (Å²) in [5, 5.41) is 8.43. The minimum absolute atomic E-state index is 0.0321. The first-order valence-corrected chi connectivity index (χ1v) is 5.42. The van der Waals surface area contributed by atoms with Crippen LogP contribution in [0.2, 0.25) is 0 Å². The van der Waals surface area contributed by atoms with E-state index in [-0.39, 0.29) is 6.61 Å². The molecule has 0 aliphatic rings. The van der Waals surface area contributed by atoms with Crippen LogP contribution in [-0.4, -0.2) is 18.3 Å². The van der Waals surface area contributed by atoms with Crippen LogP contribution in [0, 0.1) is 0 Å². The van der Waals surface area contributed by atoms with E-state index in [9.17, 15) is 0 Å². The molecule has 0 heterocycles. The molecule has 0 aliphatic carbocycles. The van der Waals surface area contributed by atoms with E-state index < -0.39 is 0 Å². The van der Waals surface area contributed by atoms with Crippen molar-refractivity contribution >= 4 is 5.69 Å². The van der Waals surface area contributed by atoms with Gasteiger partial charge in [-0.05, 0) is 24.3 Å². The maximum absolute atomic E-state index is 8.43. The Morgan fingerprint density at radius 2 is 1.53 bits per heavy atom. The highest BCUT2D eigenvalue weighted by atomic mass is 16.5. The number of hydrogen-bond donors (Lipinski definition) is 2. The molecule has 3 N–H and O–H groups in total. The van der Waals surface area contributed by atoms with Crippen molar-refractivity contribution in [2.24, 2.45) is 0 Å². The summed E-state index contributed by atoms with van der Waals surface area (Å²) >= 11 is 0. The zero-order valence-electron chi connectivity index (χ0n) is 10.2. The monoisotopic (exact) mass is 213 g/mol. The Kier molecular flexibility index (Phi) is 13.8. The third-order valence-electron chi connectivity index (χ3n) is 1.24. The van der Waals surface area contributed by atoms with Crippen molar-refractivity contribution in [1.29, 1.82) is 0 Å². The van der Waals surface area contributed by atoms with E-state index in [4.69, 9.17) is 15.6 Å². The van der Waals surface area contributed by atoms with Gasteiger partial charge < -0.3 is 15.6 Å². The number of anilines is 1. The van der Waals surface area contributed by atoms with E-state index in [2.05, 4.69) is 0 Å². The van der Waals surface area contributed by atoms with Gasteiger partial charge in [-0.25, -0.2) is 0 Å². The van der Waals surface area contributed by atoms with Crippen molar-refractivity contribution in [2.45, 2.75) is 27.7 Å². The average Bonchev–Trinajstić information content (AvgIpc) is 2.34. The van der Waals surface area contributed by atoms with Crippen LogP contribution in [0.3, 0.4) is 0 Å². The molecular weight excluding hydrogens is 190 g/mol. The summed E-state index contributed by atoms with van der Waals surface area (Å²) in [6, 6.07) is 7.05. The lowest BCUT2D eigenvalue weighted by atomic mass is 10.3. The first-order valence-electron chi connectivity index (χ1n) is 5.42.